The molecule has 2 aromatic rings. The molecule has 1 aromatic heterocycles. The number of nitrogens with zero attached hydrogens (tertiary/aromatic N) is 2. The lowest BCUT2D eigenvalue weighted by Gasteiger charge is -2.10. The van der Waals surface area contributed by atoms with Crippen LogP contribution < -0.4 is 9.47 Å². The molecule has 0 spiro atoms. The maximum atomic E-state index is 13.2. The molecule has 6 nitrogen and oxygen atoms in total. The minimum atomic E-state index is -0.620. The van der Waals surface area contributed by atoms with Gasteiger partial charge in [0.25, 0.3) is 0 Å². The number of hydrogen-bond donors (Lipinski definition) is 0. The Bertz CT molecular complexity index is 676. The first-order valence-electron chi connectivity index (χ1n) is 6.08. The van der Waals surface area contributed by atoms with Crippen molar-refractivity contribution in [3.8, 4) is 11.5 Å². The van der Waals surface area contributed by atoms with E-state index < -0.39 is 10.7 Å². The van der Waals surface area contributed by atoms with Gasteiger partial charge in [0.1, 0.15) is 23.9 Å². The summed E-state index contributed by atoms with van der Waals surface area (Å²) in [6.45, 7) is 1.58. The van der Waals surface area contributed by atoms with Gasteiger partial charge in [-0.2, -0.15) is 0 Å². The number of hydrogen-bond acceptors (Lipinski definition) is 5. The van der Waals surface area contributed by atoms with Crippen molar-refractivity contribution in [1.82, 2.24) is 4.98 Å². The molecule has 0 N–H and O–H groups in total. The van der Waals surface area contributed by atoms with Crippen molar-refractivity contribution in [3.05, 3.63) is 57.5 Å². The smallest absolute Gasteiger partial charge is 0.406 e. The number of methoxy groups -OCH3 is 1. The van der Waals surface area contributed by atoms with E-state index in [0.29, 0.717) is 17.0 Å². The number of aromatic nitrogens is 1. The second-order valence-corrected chi connectivity index (χ2v) is 4.28. The van der Waals surface area contributed by atoms with Crippen LogP contribution >= 0.6 is 0 Å². The molecule has 0 saturated carbocycles. The Hall–Kier alpha value is -2.70. The summed E-state index contributed by atoms with van der Waals surface area (Å²) in [5, 5.41) is 10.9. The van der Waals surface area contributed by atoms with E-state index in [-0.39, 0.29) is 18.2 Å². The van der Waals surface area contributed by atoms with Crippen molar-refractivity contribution in [1.29, 1.82) is 0 Å². The third kappa shape index (κ3) is 3.44. The van der Waals surface area contributed by atoms with Crippen LogP contribution in [-0.4, -0.2) is 17.0 Å². The van der Waals surface area contributed by atoms with Gasteiger partial charge in [0.05, 0.1) is 7.11 Å². The minimum Gasteiger partial charge on any atom is -0.496 e. The van der Waals surface area contributed by atoms with Crippen molar-refractivity contribution >= 4 is 5.82 Å². The molecule has 0 aliphatic heterocycles. The van der Waals surface area contributed by atoms with Gasteiger partial charge in [0.2, 0.25) is 5.75 Å². The summed E-state index contributed by atoms with van der Waals surface area (Å²) in [6.07, 6.45) is 0. The molecule has 2 rings (SSSR count). The third-order valence-corrected chi connectivity index (χ3v) is 2.78. The van der Waals surface area contributed by atoms with E-state index >= 15 is 0 Å². The van der Waals surface area contributed by atoms with Crippen LogP contribution in [0.25, 0.3) is 0 Å². The summed E-state index contributed by atoms with van der Waals surface area (Å²) < 4.78 is 23.7. The second-order valence-electron chi connectivity index (χ2n) is 4.28. The van der Waals surface area contributed by atoms with Crippen LogP contribution in [-0.2, 0) is 6.61 Å². The summed E-state index contributed by atoms with van der Waals surface area (Å²) >= 11 is 0. The van der Waals surface area contributed by atoms with E-state index in [0.717, 1.165) is 0 Å². The van der Waals surface area contributed by atoms with Crippen LogP contribution in [0.5, 0.6) is 11.5 Å². The van der Waals surface area contributed by atoms with Gasteiger partial charge in [-0.25, -0.2) is 4.39 Å². The fraction of sp³-hybridized carbons (Fsp3) is 0.214. The molecule has 7 heteroatoms. The van der Waals surface area contributed by atoms with E-state index in [2.05, 4.69) is 4.98 Å². The SMILES string of the molecule is COc1ccc(F)cc1COc1ccc(C)nc1[N+](=O)[O-]. The summed E-state index contributed by atoms with van der Waals surface area (Å²) in [7, 11) is 1.45. The maximum Gasteiger partial charge on any atom is 0.406 e. The number of aryl methyl sites for hydroxylation is 1. The first kappa shape index (κ1) is 14.7. The average molecular weight is 292 g/mol. The Morgan fingerprint density at radius 3 is 2.67 bits per heavy atom. The zero-order valence-corrected chi connectivity index (χ0v) is 11.5. The Balaban J connectivity index is 2.24. The van der Waals surface area contributed by atoms with Gasteiger partial charge in [-0.3, -0.25) is 0 Å². The lowest BCUT2D eigenvalue weighted by Crippen LogP contribution is -2.03. The monoisotopic (exact) mass is 292 g/mol. The predicted octanol–water partition coefficient (Wildman–Crippen LogP) is 3.02. The van der Waals surface area contributed by atoms with Gasteiger partial charge in [0, 0.05) is 12.5 Å². The molecule has 0 saturated heterocycles. The Labute approximate surface area is 120 Å². The van der Waals surface area contributed by atoms with Gasteiger partial charge in [-0.1, -0.05) is 0 Å². The Kier molecular flexibility index (Phi) is 4.32. The van der Waals surface area contributed by atoms with Crippen molar-refractivity contribution in [2.24, 2.45) is 0 Å². The first-order chi connectivity index (χ1) is 10.0. The predicted molar refractivity (Wildman–Crippen MR) is 72.9 cm³/mol. The maximum absolute atomic E-state index is 13.2. The normalized spacial score (nSPS) is 10.2. The van der Waals surface area contributed by atoms with Crippen LogP contribution in [0.4, 0.5) is 10.2 Å². The zero-order chi connectivity index (χ0) is 15.4. The fourth-order valence-corrected chi connectivity index (χ4v) is 1.79. The first-order valence-corrected chi connectivity index (χ1v) is 6.08. The summed E-state index contributed by atoms with van der Waals surface area (Å²) in [4.78, 5) is 14.1. The minimum absolute atomic E-state index is 0.0249. The van der Waals surface area contributed by atoms with Gasteiger partial charge in [-0.05, 0) is 40.2 Å². The van der Waals surface area contributed by atoms with E-state index in [9.17, 15) is 14.5 Å². The molecule has 0 atom stereocenters. The Morgan fingerprint density at radius 2 is 2.00 bits per heavy atom. The molecule has 21 heavy (non-hydrogen) atoms. The molecular weight excluding hydrogens is 279 g/mol. The van der Waals surface area contributed by atoms with Crippen molar-refractivity contribution in [3.63, 3.8) is 0 Å². The number of nitro groups is 1. The second kappa shape index (κ2) is 6.17. The standard InChI is InChI=1S/C14H13FN2O4/c1-9-3-5-13(14(16-9)17(18)19)21-8-10-7-11(15)4-6-12(10)20-2/h3-7H,8H2,1-2H3. The van der Waals surface area contributed by atoms with Crippen LogP contribution in [0.3, 0.4) is 0 Å². The lowest BCUT2D eigenvalue weighted by molar-refractivity contribution is -0.390. The fourth-order valence-electron chi connectivity index (χ4n) is 1.79. The summed E-state index contributed by atoms with van der Waals surface area (Å²) in [5.74, 6) is -0.340. The highest BCUT2D eigenvalue weighted by molar-refractivity contribution is 5.41. The molecule has 0 fully saturated rings. The number of benzene rings is 1. The number of ether oxygens (including phenoxy) is 2. The molecule has 1 heterocycles. The van der Waals surface area contributed by atoms with E-state index in [4.69, 9.17) is 9.47 Å². The number of rotatable bonds is 5. The number of halogens is 1. The molecule has 0 aliphatic rings. The Morgan fingerprint density at radius 1 is 1.29 bits per heavy atom. The van der Waals surface area contributed by atoms with Gasteiger partial charge >= 0.3 is 5.82 Å². The largest absolute Gasteiger partial charge is 0.496 e. The topological polar surface area (TPSA) is 74.5 Å². The average Bonchev–Trinajstić information content (AvgIpc) is 2.46. The zero-order valence-electron chi connectivity index (χ0n) is 11.5. The lowest BCUT2D eigenvalue weighted by atomic mass is 10.2. The highest BCUT2D eigenvalue weighted by Gasteiger charge is 2.18. The van der Waals surface area contributed by atoms with Crippen molar-refractivity contribution < 1.29 is 18.8 Å². The highest BCUT2D eigenvalue weighted by atomic mass is 19.1. The van der Waals surface area contributed by atoms with Crippen LogP contribution in [0, 0.1) is 22.9 Å². The van der Waals surface area contributed by atoms with Crippen LogP contribution in [0.2, 0.25) is 0 Å². The van der Waals surface area contributed by atoms with Gasteiger partial charge < -0.3 is 19.6 Å². The molecule has 0 bridgehead atoms. The third-order valence-electron chi connectivity index (χ3n) is 2.78. The molecule has 110 valence electrons. The van der Waals surface area contributed by atoms with Crippen molar-refractivity contribution in [2.75, 3.05) is 7.11 Å². The molecule has 0 unspecified atom stereocenters. The molecule has 0 radical (unpaired) electrons. The van der Waals surface area contributed by atoms with E-state index in [1.54, 1.807) is 13.0 Å². The molecule has 0 amide bonds. The molecule has 0 aliphatic carbocycles. The van der Waals surface area contributed by atoms with Crippen molar-refractivity contribution in [2.45, 2.75) is 13.5 Å². The number of pyridine rings is 1. The highest BCUT2D eigenvalue weighted by Crippen LogP contribution is 2.27. The van der Waals surface area contributed by atoms with Crippen LogP contribution in [0.1, 0.15) is 11.3 Å². The van der Waals surface area contributed by atoms with Crippen LogP contribution in [0.15, 0.2) is 30.3 Å². The van der Waals surface area contributed by atoms with Gasteiger partial charge in [-0.15, -0.1) is 0 Å². The summed E-state index contributed by atoms with van der Waals surface area (Å²) in [5.41, 5.74) is 0.963. The van der Waals surface area contributed by atoms with E-state index in [1.807, 2.05) is 0 Å². The quantitative estimate of drug-likeness (QED) is 0.625. The molecular formula is C14H13FN2O4. The van der Waals surface area contributed by atoms with Gasteiger partial charge in [0.15, 0.2) is 0 Å². The molecule has 1 aromatic carbocycles. The van der Waals surface area contributed by atoms with E-state index in [1.165, 1.54) is 31.4 Å². The summed E-state index contributed by atoms with van der Waals surface area (Å²) in [6, 6.07) is 7.05.